The minimum absolute atomic E-state index is 0.0580. The van der Waals surface area contributed by atoms with Crippen molar-refractivity contribution in [3.63, 3.8) is 0 Å². The highest BCUT2D eigenvalue weighted by Gasteiger charge is 2.28. The molecule has 0 aromatic carbocycles. The molecule has 1 amide bonds. The number of hydrogen-bond acceptors (Lipinski definition) is 9. The Balaban J connectivity index is 1.43. The molecule has 40 heavy (non-hydrogen) atoms. The number of rotatable bonds is 7. The maximum absolute atomic E-state index is 14.0. The number of nitrogens with one attached hydrogen (secondary N) is 1. The fraction of sp³-hybridized carbons (Fsp3) is 0.320. The highest BCUT2D eigenvalue weighted by atomic mass is 32.1. The average molecular weight is 571 g/mol. The van der Waals surface area contributed by atoms with Crippen LogP contribution in [0.3, 0.4) is 0 Å². The molecule has 5 aromatic rings. The van der Waals surface area contributed by atoms with Gasteiger partial charge in [0.15, 0.2) is 11.2 Å². The van der Waals surface area contributed by atoms with Gasteiger partial charge in [-0.25, -0.2) is 23.5 Å². The maximum atomic E-state index is 14.0. The number of anilines is 1. The van der Waals surface area contributed by atoms with Gasteiger partial charge in [-0.3, -0.25) is 23.7 Å². The summed E-state index contributed by atoms with van der Waals surface area (Å²) in [7, 11) is 1.48. The lowest BCUT2D eigenvalue weighted by Crippen LogP contribution is -2.40. The lowest BCUT2D eigenvalue weighted by Gasteiger charge is -2.14. The molecule has 5 rings (SSSR count). The van der Waals surface area contributed by atoms with E-state index in [1.807, 2.05) is 0 Å². The summed E-state index contributed by atoms with van der Waals surface area (Å²) in [5, 5.41) is 8.51. The van der Waals surface area contributed by atoms with E-state index in [9.17, 15) is 23.2 Å². The van der Waals surface area contributed by atoms with Crippen molar-refractivity contribution in [2.45, 2.75) is 46.2 Å². The first-order valence-corrected chi connectivity index (χ1v) is 12.9. The maximum Gasteiger partial charge on any atom is 0.332 e. The van der Waals surface area contributed by atoms with Gasteiger partial charge in [0.1, 0.15) is 28.3 Å². The second kappa shape index (κ2) is 9.89. The van der Waals surface area contributed by atoms with E-state index < -0.39 is 29.1 Å². The van der Waals surface area contributed by atoms with Crippen LogP contribution < -0.4 is 16.6 Å². The molecule has 5 heterocycles. The molecule has 0 aliphatic heterocycles. The summed E-state index contributed by atoms with van der Waals surface area (Å²) in [6, 6.07) is 2.03. The molecule has 0 bridgehead atoms. The van der Waals surface area contributed by atoms with Gasteiger partial charge < -0.3 is 14.4 Å². The topological polar surface area (TPSA) is 143 Å². The van der Waals surface area contributed by atoms with Gasteiger partial charge in [-0.1, -0.05) is 5.16 Å². The molecule has 0 radical (unpaired) electrons. The summed E-state index contributed by atoms with van der Waals surface area (Å²) in [5.74, 6) is -2.84. The molecular formula is C25H24F2N8O4S. The monoisotopic (exact) mass is 570 g/mol. The molecule has 1 atom stereocenters. The van der Waals surface area contributed by atoms with Crippen molar-refractivity contribution in [1.82, 2.24) is 33.8 Å². The van der Waals surface area contributed by atoms with E-state index in [1.165, 1.54) is 41.7 Å². The molecule has 0 saturated carbocycles. The Morgan fingerprint density at radius 2 is 1.98 bits per heavy atom. The van der Waals surface area contributed by atoms with E-state index in [-0.39, 0.29) is 34.8 Å². The summed E-state index contributed by atoms with van der Waals surface area (Å²) >= 11 is 1.16. The summed E-state index contributed by atoms with van der Waals surface area (Å²) in [4.78, 5) is 52.0. The molecule has 12 nitrogen and oxygen atoms in total. The minimum Gasteiger partial charge on any atom is -0.361 e. The standard InChI is InChI=1S/C25H24F2N8O4S/c1-12-6-16(32-39-12)9-34-23(37)19-20(33(5)24(34)38)29-11-35(19)14(3)21(36)30-18-10-40-22(31-18)15-7-17(25(4,26)27)13(2)28-8-15/h6-8,10-11,14H,9H2,1-5H3,(H,30,36)/t14-/m0/s1. The highest BCUT2D eigenvalue weighted by molar-refractivity contribution is 7.13. The summed E-state index contributed by atoms with van der Waals surface area (Å²) < 4.78 is 36.6. The number of halogens is 2. The van der Waals surface area contributed by atoms with Crippen molar-refractivity contribution >= 4 is 34.2 Å². The first-order valence-electron chi connectivity index (χ1n) is 12.1. The van der Waals surface area contributed by atoms with Gasteiger partial charge in [0, 0.05) is 48.4 Å². The number of fused-ring (bicyclic) bond motifs is 1. The lowest BCUT2D eigenvalue weighted by atomic mass is 10.1. The van der Waals surface area contributed by atoms with Crippen LogP contribution in [0.2, 0.25) is 0 Å². The predicted octanol–water partition coefficient (Wildman–Crippen LogP) is 3.38. The number of pyridine rings is 1. The van der Waals surface area contributed by atoms with Gasteiger partial charge in [0.05, 0.1) is 12.9 Å². The number of carbonyl (C=O) groups is 1. The quantitative estimate of drug-likeness (QED) is 0.314. The molecule has 208 valence electrons. The lowest BCUT2D eigenvalue weighted by molar-refractivity contribution is -0.118. The van der Waals surface area contributed by atoms with Crippen LogP contribution in [-0.4, -0.2) is 39.7 Å². The van der Waals surface area contributed by atoms with Crippen LogP contribution in [0.1, 0.15) is 42.6 Å². The molecule has 0 aliphatic carbocycles. The fourth-order valence-electron chi connectivity index (χ4n) is 4.29. The first kappa shape index (κ1) is 27.1. The molecule has 0 fully saturated rings. The van der Waals surface area contributed by atoms with Gasteiger partial charge >= 0.3 is 5.69 Å². The van der Waals surface area contributed by atoms with Crippen LogP contribution in [0.5, 0.6) is 0 Å². The molecule has 15 heteroatoms. The van der Waals surface area contributed by atoms with Crippen molar-refractivity contribution in [3.05, 3.63) is 73.6 Å². The molecule has 0 aliphatic rings. The van der Waals surface area contributed by atoms with E-state index in [0.717, 1.165) is 22.8 Å². The second-order valence-electron chi connectivity index (χ2n) is 9.43. The van der Waals surface area contributed by atoms with E-state index in [4.69, 9.17) is 4.52 Å². The Hall–Kier alpha value is -4.53. The number of aryl methyl sites for hydroxylation is 3. The van der Waals surface area contributed by atoms with Crippen LogP contribution >= 0.6 is 11.3 Å². The Labute approximate surface area is 228 Å². The molecule has 1 N–H and O–H groups in total. The Bertz CT molecular complexity index is 1880. The summed E-state index contributed by atoms with van der Waals surface area (Å²) in [6.07, 6.45) is 2.77. The molecule has 0 spiro atoms. The fourth-order valence-corrected chi connectivity index (χ4v) is 5.03. The molecule has 0 unspecified atom stereocenters. The smallest absolute Gasteiger partial charge is 0.332 e. The number of alkyl halides is 2. The van der Waals surface area contributed by atoms with Crippen LogP contribution in [0, 0.1) is 13.8 Å². The molecular weight excluding hydrogens is 546 g/mol. The van der Waals surface area contributed by atoms with Gasteiger partial charge in [-0.05, 0) is 26.8 Å². The van der Waals surface area contributed by atoms with Crippen LogP contribution in [-0.2, 0) is 24.3 Å². The summed E-state index contributed by atoms with van der Waals surface area (Å²) in [6.45, 7) is 5.45. The van der Waals surface area contributed by atoms with Crippen LogP contribution in [0.4, 0.5) is 14.6 Å². The number of hydrogen-bond donors (Lipinski definition) is 1. The number of carbonyl (C=O) groups excluding carboxylic acids is 1. The third-order valence-corrected chi connectivity index (χ3v) is 7.30. The van der Waals surface area contributed by atoms with E-state index in [2.05, 4.69) is 25.4 Å². The molecule has 0 saturated heterocycles. The van der Waals surface area contributed by atoms with E-state index >= 15 is 0 Å². The first-order chi connectivity index (χ1) is 18.8. The van der Waals surface area contributed by atoms with Crippen molar-refractivity contribution in [1.29, 1.82) is 0 Å². The number of amides is 1. The largest absolute Gasteiger partial charge is 0.361 e. The van der Waals surface area contributed by atoms with Crippen molar-refractivity contribution < 1.29 is 18.1 Å². The van der Waals surface area contributed by atoms with Crippen molar-refractivity contribution in [3.8, 4) is 10.6 Å². The molecule has 5 aromatic heterocycles. The van der Waals surface area contributed by atoms with E-state index in [1.54, 1.807) is 25.3 Å². The highest BCUT2D eigenvalue weighted by Crippen LogP contribution is 2.33. The zero-order chi connectivity index (χ0) is 28.9. The average Bonchev–Trinajstić information content (AvgIpc) is 3.64. The number of nitrogens with zero attached hydrogens (tertiary/aromatic N) is 7. The van der Waals surface area contributed by atoms with E-state index in [0.29, 0.717) is 22.0 Å². The Morgan fingerprint density at radius 3 is 2.65 bits per heavy atom. The van der Waals surface area contributed by atoms with Crippen LogP contribution in [0.25, 0.3) is 21.7 Å². The Kier molecular flexibility index (Phi) is 6.69. The van der Waals surface area contributed by atoms with Gasteiger partial charge in [-0.15, -0.1) is 11.3 Å². The van der Waals surface area contributed by atoms with Gasteiger partial charge in [0.2, 0.25) is 5.91 Å². The van der Waals surface area contributed by atoms with Gasteiger partial charge in [0.25, 0.3) is 11.5 Å². The second-order valence-corrected chi connectivity index (χ2v) is 10.3. The third kappa shape index (κ3) is 4.83. The predicted molar refractivity (Wildman–Crippen MR) is 143 cm³/mol. The van der Waals surface area contributed by atoms with Crippen molar-refractivity contribution in [2.24, 2.45) is 7.05 Å². The minimum atomic E-state index is -3.07. The van der Waals surface area contributed by atoms with Crippen molar-refractivity contribution in [2.75, 3.05) is 5.32 Å². The number of aromatic nitrogens is 7. The SMILES string of the molecule is Cc1cc(Cn2c(=O)c3c(ncn3[C@@H](C)C(=O)Nc3csc(-c4cnc(C)c(C(C)(F)F)c4)n3)n(C)c2=O)no1. The Morgan fingerprint density at radius 1 is 1.23 bits per heavy atom. The zero-order valence-corrected chi connectivity index (χ0v) is 22.9. The van der Waals surface area contributed by atoms with Gasteiger partial charge in [-0.2, -0.15) is 0 Å². The zero-order valence-electron chi connectivity index (χ0n) is 22.1. The number of imidazole rings is 1. The third-order valence-electron chi connectivity index (χ3n) is 6.41. The number of thiazole rings is 1. The normalized spacial score (nSPS) is 12.7. The van der Waals surface area contributed by atoms with Crippen LogP contribution in [0.15, 0.2) is 44.1 Å². The summed E-state index contributed by atoms with van der Waals surface area (Å²) in [5.41, 5.74) is -0.250.